The van der Waals surface area contributed by atoms with E-state index in [0.29, 0.717) is 13.2 Å². The molecule has 0 fully saturated rings. The molecule has 1 amide bonds. The van der Waals surface area contributed by atoms with E-state index in [1.54, 1.807) is 7.11 Å². The Kier molecular flexibility index (Phi) is 7.29. The Morgan fingerprint density at radius 2 is 2.13 bits per heavy atom. The average molecular weight is 217 g/mol. The number of nitrogens with one attached hydrogen (secondary N) is 1. The van der Waals surface area contributed by atoms with Gasteiger partial charge in [-0.15, -0.1) is 0 Å². The zero-order chi connectivity index (χ0) is 11.8. The highest BCUT2D eigenvalue weighted by atomic mass is 16.5. The van der Waals surface area contributed by atoms with Crippen molar-refractivity contribution in [2.45, 2.75) is 25.9 Å². The first-order valence-corrected chi connectivity index (χ1v) is 5.20. The van der Waals surface area contributed by atoms with Crippen molar-refractivity contribution in [2.24, 2.45) is 5.73 Å². The summed E-state index contributed by atoms with van der Waals surface area (Å²) in [4.78, 5) is 13.2. The number of likely N-dealkylation sites (N-methyl/N-ethyl adjacent to an activating group) is 1. The Morgan fingerprint density at radius 3 is 2.53 bits per heavy atom. The molecule has 0 aliphatic heterocycles. The van der Waals surface area contributed by atoms with Gasteiger partial charge in [-0.05, 0) is 7.05 Å². The first kappa shape index (κ1) is 14.3. The van der Waals surface area contributed by atoms with Crippen LogP contribution in [0.5, 0.6) is 0 Å². The van der Waals surface area contributed by atoms with Crippen molar-refractivity contribution in [3.05, 3.63) is 0 Å². The van der Waals surface area contributed by atoms with Crippen LogP contribution in [0, 0.1) is 0 Å². The molecule has 15 heavy (non-hydrogen) atoms. The van der Waals surface area contributed by atoms with E-state index >= 15 is 0 Å². The quantitative estimate of drug-likeness (QED) is 0.570. The van der Waals surface area contributed by atoms with Gasteiger partial charge in [-0.25, -0.2) is 0 Å². The summed E-state index contributed by atoms with van der Waals surface area (Å²) in [6.07, 6.45) is 0. The highest BCUT2D eigenvalue weighted by Gasteiger charge is 2.17. The van der Waals surface area contributed by atoms with E-state index in [1.807, 2.05) is 25.8 Å². The van der Waals surface area contributed by atoms with E-state index in [-0.39, 0.29) is 18.0 Å². The van der Waals surface area contributed by atoms with Crippen molar-refractivity contribution in [2.75, 3.05) is 33.9 Å². The minimum Gasteiger partial charge on any atom is -0.383 e. The first-order valence-electron chi connectivity index (χ1n) is 5.20. The molecule has 0 spiro atoms. The molecule has 0 rings (SSSR count). The van der Waals surface area contributed by atoms with E-state index in [2.05, 4.69) is 5.32 Å². The van der Waals surface area contributed by atoms with Gasteiger partial charge in [-0.3, -0.25) is 4.79 Å². The fourth-order valence-corrected chi connectivity index (χ4v) is 1.28. The van der Waals surface area contributed by atoms with Gasteiger partial charge in [-0.2, -0.15) is 0 Å². The number of rotatable bonds is 8. The Labute approximate surface area is 91.9 Å². The van der Waals surface area contributed by atoms with E-state index in [9.17, 15) is 4.79 Å². The fourth-order valence-electron chi connectivity index (χ4n) is 1.28. The summed E-state index contributed by atoms with van der Waals surface area (Å²) in [5, 5.41) is 3.13. The van der Waals surface area contributed by atoms with Crippen LogP contribution in [-0.2, 0) is 9.53 Å². The molecular weight excluding hydrogens is 194 g/mol. The summed E-state index contributed by atoms with van der Waals surface area (Å²) in [6, 6.07) is -0.0508. The standard InChI is InChI=1S/C10H23N3O2/c1-8(2)12-9(10(11)14)7-13(3)5-6-15-4/h8-9,12H,5-7H2,1-4H3,(H2,11,14). The maximum absolute atomic E-state index is 11.1. The lowest BCUT2D eigenvalue weighted by molar-refractivity contribution is -0.120. The molecule has 0 radical (unpaired) electrons. The van der Waals surface area contributed by atoms with Crippen molar-refractivity contribution >= 4 is 5.91 Å². The van der Waals surface area contributed by atoms with E-state index in [4.69, 9.17) is 10.5 Å². The van der Waals surface area contributed by atoms with E-state index in [0.717, 1.165) is 6.54 Å². The summed E-state index contributed by atoms with van der Waals surface area (Å²) < 4.78 is 4.96. The van der Waals surface area contributed by atoms with Gasteiger partial charge in [0, 0.05) is 26.2 Å². The molecule has 1 atom stereocenters. The molecule has 0 saturated carbocycles. The second kappa shape index (κ2) is 7.62. The van der Waals surface area contributed by atoms with Gasteiger partial charge >= 0.3 is 0 Å². The van der Waals surface area contributed by atoms with Crippen LogP contribution in [0.3, 0.4) is 0 Å². The summed E-state index contributed by atoms with van der Waals surface area (Å²) in [7, 11) is 3.60. The van der Waals surface area contributed by atoms with Crippen LogP contribution in [0.1, 0.15) is 13.8 Å². The lowest BCUT2D eigenvalue weighted by Gasteiger charge is -2.24. The highest BCUT2D eigenvalue weighted by molar-refractivity contribution is 5.80. The lowest BCUT2D eigenvalue weighted by Crippen LogP contribution is -2.50. The Bertz CT molecular complexity index is 186. The second-order valence-corrected chi connectivity index (χ2v) is 4.03. The molecule has 0 aromatic carbocycles. The minimum atomic E-state index is -0.312. The normalized spacial score (nSPS) is 13.5. The van der Waals surface area contributed by atoms with Crippen LogP contribution in [0.2, 0.25) is 0 Å². The number of nitrogens with two attached hydrogens (primary N) is 1. The molecule has 0 bridgehead atoms. The predicted molar refractivity (Wildman–Crippen MR) is 60.6 cm³/mol. The maximum atomic E-state index is 11.1. The number of nitrogens with zero attached hydrogens (tertiary/aromatic N) is 1. The van der Waals surface area contributed by atoms with Gasteiger partial charge in [0.1, 0.15) is 0 Å². The number of hydrogen-bond acceptors (Lipinski definition) is 4. The monoisotopic (exact) mass is 217 g/mol. The van der Waals surface area contributed by atoms with Crippen LogP contribution in [0.25, 0.3) is 0 Å². The van der Waals surface area contributed by atoms with Gasteiger partial charge in [0.2, 0.25) is 5.91 Å². The smallest absolute Gasteiger partial charge is 0.235 e. The number of amides is 1. The molecule has 0 aliphatic carbocycles. The topological polar surface area (TPSA) is 67.6 Å². The fraction of sp³-hybridized carbons (Fsp3) is 0.900. The highest BCUT2D eigenvalue weighted by Crippen LogP contribution is 1.92. The SMILES string of the molecule is COCCN(C)CC(NC(C)C)C(N)=O. The van der Waals surface area contributed by atoms with Crippen molar-refractivity contribution in [1.82, 2.24) is 10.2 Å². The lowest BCUT2D eigenvalue weighted by atomic mass is 10.2. The summed E-state index contributed by atoms with van der Waals surface area (Å²) >= 11 is 0. The van der Waals surface area contributed by atoms with Crippen molar-refractivity contribution in [1.29, 1.82) is 0 Å². The molecule has 1 unspecified atom stereocenters. The summed E-state index contributed by atoms with van der Waals surface area (Å²) in [6.45, 7) is 6.04. The molecular formula is C10H23N3O2. The van der Waals surface area contributed by atoms with Crippen LogP contribution >= 0.6 is 0 Å². The van der Waals surface area contributed by atoms with Gasteiger partial charge in [0.15, 0.2) is 0 Å². The third-order valence-corrected chi connectivity index (χ3v) is 2.05. The predicted octanol–water partition coefficient (Wildman–Crippen LogP) is -0.583. The minimum absolute atomic E-state index is 0.248. The Balaban J connectivity index is 3.98. The van der Waals surface area contributed by atoms with Crippen LogP contribution < -0.4 is 11.1 Å². The third-order valence-electron chi connectivity index (χ3n) is 2.05. The number of carbonyl (C=O) groups excluding carboxylic acids is 1. The molecule has 90 valence electrons. The number of hydrogen-bond donors (Lipinski definition) is 2. The molecule has 0 saturated heterocycles. The van der Waals surface area contributed by atoms with Crippen LogP contribution in [0.4, 0.5) is 0 Å². The zero-order valence-corrected chi connectivity index (χ0v) is 10.1. The molecule has 0 aromatic rings. The Morgan fingerprint density at radius 1 is 1.53 bits per heavy atom. The van der Waals surface area contributed by atoms with Gasteiger partial charge in [0.05, 0.1) is 12.6 Å². The van der Waals surface area contributed by atoms with E-state index < -0.39 is 0 Å². The van der Waals surface area contributed by atoms with Gasteiger partial charge in [0.25, 0.3) is 0 Å². The van der Waals surface area contributed by atoms with Gasteiger partial charge < -0.3 is 20.7 Å². The molecule has 3 N–H and O–H groups in total. The molecule has 5 heteroatoms. The third kappa shape index (κ3) is 7.30. The van der Waals surface area contributed by atoms with Gasteiger partial charge in [-0.1, -0.05) is 13.8 Å². The van der Waals surface area contributed by atoms with Crippen molar-refractivity contribution in [3.8, 4) is 0 Å². The number of ether oxygens (including phenoxy) is 1. The second-order valence-electron chi connectivity index (χ2n) is 4.03. The Hall–Kier alpha value is -0.650. The number of carbonyl (C=O) groups is 1. The van der Waals surface area contributed by atoms with Crippen LogP contribution in [0.15, 0.2) is 0 Å². The number of methoxy groups -OCH3 is 1. The summed E-state index contributed by atoms with van der Waals surface area (Å²) in [5.41, 5.74) is 5.30. The van der Waals surface area contributed by atoms with Crippen LogP contribution in [-0.4, -0.2) is 56.7 Å². The zero-order valence-electron chi connectivity index (χ0n) is 10.1. The molecule has 5 nitrogen and oxygen atoms in total. The summed E-state index contributed by atoms with van der Waals surface area (Å²) in [5.74, 6) is -0.312. The first-order chi connectivity index (χ1) is 6.97. The molecule has 0 aromatic heterocycles. The van der Waals surface area contributed by atoms with Crippen molar-refractivity contribution < 1.29 is 9.53 Å². The maximum Gasteiger partial charge on any atom is 0.235 e. The van der Waals surface area contributed by atoms with Crippen molar-refractivity contribution in [3.63, 3.8) is 0 Å². The van der Waals surface area contributed by atoms with E-state index in [1.165, 1.54) is 0 Å². The number of primary amides is 1. The largest absolute Gasteiger partial charge is 0.383 e. The molecule has 0 heterocycles. The average Bonchev–Trinajstić information content (AvgIpc) is 2.12. The molecule has 0 aliphatic rings.